The molecule has 2 aromatic rings. The molecule has 0 spiro atoms. The highest BCUT2D eigenvalue weighted by atomic mass is 79.9. The van der Waals surface area contributed by atoms with E-state index in [1.807, 2.05) is 26.0 Å². The van der Waals surface area contributed by atoms with Crippen molar-refractivity contribution in [2.45, 2.75) is 20.4 Å². The van der Waals surface area contributed by atoms with Crippen LogP contribution in [0.5, 0.6) is 11.5 Å². The van der Waals surface area contributed by atoms with Gasteiger partial charge in [-0.1, -0.05) is 28.1 Å². The number of benzene rings is 2. The predicted octanol–water partition coefficient (Wildman–Crippen LogP) is 4.09. The molecule has 0 bridgehead atoms. The van der Waals surface area contributed by atoms with Gasteiger partial charge in [-0.2, -0.15) is 0 Å². The number of phenolic OH excluding ortho intramolecular Hbond substituents is 2. The first-order valence-corrected chi connectivity index (χ1v) is 6.79. The first-order valence-electron chi connectivity index (χ1n) is 5.99. The molecule has 2 aromatic carbocycles. The van der Waals surface area contributed by atoms with Gasteiger partial charge in [-0.3, -0.25) is 0 Å². The molecule has 0 aromatic heterocycles. The molecule has 0 aliphatic carbocycles. The molecule has 0 atom stereocenters. The van der Waals surface area contributed by atoms with Gasteiger partial charge in [0.05, 0.1) is 0 Å². The van der Waals surface area contributed by atoms with E-state index in [9.17, 15) is 10.2 Å². The van der Waals surface area contributed by atoms with Crippen LogP contribution < -0.4 is 5.32 Å². The Balaban J connectivity index is 2.17. The Bertz CT molecular complexity index is 588. The number of hydrogen-bond donors (Lipinski definition) is 3. The number of aryl methyl sites for hydroxylation is 2. The Morgan fingerprint density at radius 1 is 1.11 bits per heavy atom. The Hall–Kier alpha value is -1.68. The van der Waals surface area contributed by atoms with Crippen LogP contribution in [0.2, 0.25) is 0 Å². The van der Waals surface area contributed by atoms with Gasteiger partial charge < -0.3 is 15.5 Å². The lowest BCUT2D eigenvalue weighted by Crippen LogP contribution is -2.00. The highest BCUT2D eigenvalue weighted by Gasteiger charge is 2.06. The lowest BCUT2D eigenvalue weighted by Gasteiger charge is -2.12. The van der Waals surface area contributed by atoms with Crippen LogP contribution in [0.1, 0.15) is 16.7 Å². The van der Waals surface area contributed by atoms with Gasteiger partial charge in [0.25, 0.3) is 0 Å². The van der Waals surface area contributed by atoms with E-state index in [2.05, 4.69) is 21.2 Å². The molecule has 0 unspecified atom stereocenters. The summed E-state index contributed by atoms with van der Waals surface area (Å²) in [7, 11) is 0. The smallest absolute Gasteiger partial charge is 0.162 e. The first kappa shape index (κ1) is 13.7. The van der Waals surface area contributed by atoms with Crippen molar-refractivity contribution in [3.05, 3.63) is 51.5 Å². The predicted molar refractivity (Wildman–Crippen MR) is 80.7 cm³/mol. The first-order chi connectivity index (χ1) is 8.99. The van der Waals surface area contributed by atoms with Gasteiger partial charge in [0, 0.05) is 22.3 Å². The second-order valence-electron chi connectivity index (χ2n) is 4.56. The van der Waals surface area contributed by atoms with Crippen molar-refractivity contribution in [2.24, 2.45) is 0 Å². The molecular formula is C15H16BrNO2. The lowest BCUT2D eigenvalue weighted by atomic mass is 10.1. The summed E-state index contributed by atoms with van der Waals surface area (Å²) in [4.78, 5) is 0. The van der Waals surface area contributed by atoms with Crippen molar-refractivity contribution in [1.29, 1.82) is 0 Å². The van der Waals surface area contributed by atoms with E-state index >= 15 is 0 Å². The molecule has 100 valence electrons. The zero-order chi connectivity index (χ0) is 14.0. The van der Waals surface area contributed by atoms with Gasteiger partial charge in [0.1, 0.15) is 0 Å². The molecule has 0 saturated carbocycles. The van der Waals surface area contributed by atoms with Crippen LogP contribution in [0.25, 0.3) is 0 Å². The van der Waals surface area contributed by atoms with Gasteiger partial charge in [-0.25, -0.2) is 0 Å². The maximum absolute atomic E-state index is 9.73. The van der Waals surface area contributed by atoms with Gasteiger partial charge in [0.15, 0.2) is 11.5 Å². The number of hydrogen-bond acceptors (Lipinski definition) is 3. The van der Waals surface area contributed by atoms with E-state index in [4.69, 9.17) is 0 Å². The quantitative estimate of drug-likeness (QED) is 0.746. The summed E-state index contributed by atoms with van der Waals surface area (Å²) >= 11 is 3.53. The molecule has 4 heteroatoms. The summed E-state index contributed by atoms with van der Waals surface area (Å²) in [5.41, 5.74) is 3.96. The minimum absolute atomic E-state index is 0.0689. The standard InChI is InChI=1S/C15H16BrNO2/c1-9-6-12(7-10(2)14(9)16)17-8-11-4-3-5-13(18)15(11)19/h3-7,17-19H,8H2,1-2H3. The van der Waals surface area contributed by atoms with Gasteiger partial charge in [0.2, 0.25) is 0 Å². The van der Waals surface area contributed by atoms with Crippen LogP contribution >= 0.6 is 15.9 Å². The summed E-state index contributed by atoms with van der Waals surface area (Å²) in [6, 6.07) is 9.03. The van der Waals surface area contributed by atoms with E-state index < -0.39 is 0 Å². The molecule has 0 heterocycles. The summed E-state index contributed by atoms with van der Waals surface area (Å²) in [5, 5.41) is 22.4. The molecule has 0 fully saturated rings. The topological polar surface area (TPSA) is 52.5 Å². The van der Waals surface area contributed by atoms with Crippen molar-refractivity contribution in [3.63, 3.8) is 0 Å². The van der Waals surface area contributed by atoms with Crippen LogP contribution in [-0.4, -0.2) is 10.2 Å². The monoisotopic (exact) mass is 321 g/mol. The molecule has 0 aliphatic rings. The molecule has 19 heavy (non-hydrogen) atoms. The van der Waals surface area contributed by atoms with Crippen molar-refractivity contribution < 1.29 is 10.2 Å². The minimum atomic E-state index is -0.0949. The molecule has 0 aliphatic heterocycles. The second kappa shape index (κ2) is 5.53. The van der Waals surface area contributed by atoms with Gasteiger partial charge >= 0.3 is 0 Å². The van der Waals surface area contributed by atoms with Crippen LogP contribution in [-0.2, 0) is 6.54 Å². The SMILES string of the molecule is Cc1cc(NCc2cccc(O)c2O)cc(C)c1Br. The number of aromatic hydroxyl groups is 2. The van der Waals surface area contributed by atoms with Crippen molar-refractivity contribution in [3.8, 4) is 11.5 Å². The average molecular weight is 322 g/mol. The fourth-order valence-corrected chi connectivity index (χ4v) is 2.19. The number of nitrogens with one attached hydrogen (secondary N) is 1. The van der Waals surface area contributed by atoms with Crippen LogP contribution in [0.3, 0.4) is 0 Å². The van der Waals surface area contributed by atoms with Crippen molar-refractivity contribution in [2.75, 3.05) is 5.32 Å². The zero-order valence-corrected chi connectivity index (χ0v) is 12.5. The molecule has 0 radical (unpaired) electrons. The third-order valence-corrected chi connectivity index (χ3v) is 4.27. The Labute approximate surface area is 121 Å². The summed E-state index contributed by atoms with van der Waals surface area (Å²) in [6.07, 6.45) is 0. The van der Waals surface area contributed by atoms with Crippen LogP contribution in [0.4, 0.5) is 5.69 Å². The van der Waals surface area contributed by atoms with E-state index in [1.54, 1.807) is 12.1 Å². The van der Waals surface area contributed by atoms with Crippen LogP contribution in [0.15, 0.2) is 34.8 Å². The third kappa shape index (κ3) is 3.01. The Kier molecular flexibility index (Phi) is 4.00. The fourth-order valence-electron chi connectivity index (χ4n) is 1.97. The Morgan fingerprint density at radius 3 is 2.37 bits per heavy atom. The van der Waals surface area contributed by atoms with E-state index in [1.165, 1.54) is 6.07 Å². The summed E-state index contributed by atoms with van der Waals surface area (Å²) in [6.45, 7) is 4.53. The molecule has 3 nitrogen and oxygen atoms in total. The maximum Gasteiger partial charge on any atom is 0.162 e. The minimum Gasteiger partial charge on any atom is -0.504 e. The zero-order valence-electron chi connectivity index (χ0n) is 10.9. The van der Waals surface area contributed by atoms with E-state index in [0.717, 1.165) is 21.3 Å². The number of halogens is 1. The number of para-hydroxylation sites is 1. The molecule has 3 N–H and O–H groups in total. The van der Waals surface area contributed by atoms with E-state index in [0.29, 0.717) is 12.1 Å². The lowest BCUT2D eigenvalue weighted by molar-refractivity contribution is 0.400. The summed E-state index contributed by atoms with van der Waals surface area (Å²) in [5.74, 6) is -0.164. The Morgan fingerprint density at radius 2 is 1.74 bits per heavy atom. The van der Waals surface area contributed by atoms with Crippen LogP contribution in [0, 0.1) is 13.8 Å². The maximum atomic E-state index is 9.73. The molecule has 2 rings (SSSR count). The fraction of sp³-hybridized carbons (Fsp3) is 0.200. The number of phenols is 2. The highest BCUT2D eigenvalue weighted by molar-refractivity contribution is 9.10. The normalized spacial score (nSPS) is 10.5. The second-order valence-corrected chi connectivity index (χ2v) is 5.36. The van der Waals surface area contributed by atoms with Crippen molar-refractivity contribution in [1.82, 2.24) is 0 Å². The third-order valence-electron chi connectivity index (χ3n) is 3.02. The number of rotatable bonds is 3. The number of anilines is 1. The molecule has 0 amide bonds. The highest BCUT2D eigenvalue weighted by Crippen LogP contribution is 2.29. The molecular weight excluding hydrogens is 306 g/mol. The van der Waals surface area contributed by atoms with Gasteiger partial charge in [-0.05, 0) is 43.2 Å². The average Bonchev–Trinajstić information content (AvgIpc) is 2.37. The largest absolute Gasteiger partial charge is 0.504 e. The van der Waals surface area contributed by atoms with E-state index in [-0.39, 0.29) is 11.5 Å². The molecule has 0 saturated heterocycles. The summed E-state index contributed by atoms with van der Waals surface area (Å²) < 4.78 is 1.11. The van der Waals surface area contributed by atoms with Gasteiger partial charge in [-0.15, -0.1) is 0 Å². The van der Waals surface area contributed by atoms with Crippen molar-refractivity contribution >= 4 is 21.6 Å².